The monoisotopic (exact) mass is 416 g/mol. The predicted molar refractivity (Wildman–Crippen MR) is 103 cm³/mol. The van der Waals surface area contributed by atoms with Crippen molar-refractivity contribution >= 4 is 33.0 Å². The summed E-state index contributed by atoms with van der Waals surface area (Å²) < 4.78 is 38.3. The molecule has 2 aromatic rings. The molecule has 0 saturated carbocycles. The van der Waals surface area contributed by atoms with Crippen molar-refractivity contribution in [2.24, 2.45) is 0 Å². The summed E-state index contributed by atoms with van der Waals surface area (Å²) in [4.78, 5) is 2.21. The first kappa shape index (κ1) is 19.4. The zero-order valence-corrected chi connectivity index (χ0v) is 17.0. The van der Waals surface area contributed by atoms with Crippen molar-refractivity contribution < 1.29 is 17.9 Å². The van der Waals surface area contributed by atoms with Crippen LogP contribution in [-0.4, -0.2) is 58.0 Å². The van der Waals surface area contributed by atoms with Crippen LogP contribution < -0.4 is 9.47 Å². The number of halogens is 1. The second kappa shape index (κ2) is 8.14. The van der Waals surface area contributed by atoms with Crippen LogP contribution in [0.4, 0.5) is 0 Å². The van der Waals surface area contributed by atoms with Crippen molar-refractivity contribution in [2.45, 2.75) is 10.8 Å². The third-order valence-corrected chi connectivity index (χ3v) is 7.95. The minimum atomic E-state index is -3.46. The topological polar surface area (TPSA) is 59.1 Å². The summed E-state index contributed by atoms with van der Waals surface area (Å²) in [6.07, 6.45) is 0. The Bertz CT molecular complexity index is 861. The number of hydrogen-bond acceptors (Lipinski definition) is 6. The standard InChI is InChI=1S/C17H21ClN2O4S2/c1-23-14-3-4-15(24-2)13(11-14)12-19-7-9-20(10-8-19)26(21,22)17-6-5-16(18)25-17/h3-6,11H,7-10,12H2,1-2H3. The van der Waals surface area contributed by atoms with Gasteiger partial charge in [-0.3, -0.25) is 4.90 Å². The third kappa shape index (κ3) is 4.15. The Labute approximate surface area is 162 Å². The maximum atomic E-state index is 12.7. The molecule has 1 aliphatic heterocycles. The lowest BCUT2D eigenvalue weighted by molar-refractivity contribution is 0.180. The van der Waals surface area contributed by atoms with Crippen LogP contribution in [-0.2, 0) is 16.6 Å². The number of sulfonamides is 1. The van der Waals surface area contributed by atoms with Crippen LogP contribution in [0.3, 0.4) is 0 Å². The van der Waals surface area contributed by atoms with Gasteiger partial charge in [-0.2, -0.15) is 4.31 Å². The number of ether oxygens (including phenoxy) is 2. The number of rotatable bonds is 6. The lowest BCUT2D eigenvalue weighted by Gasteiger charge is -2.33. The highest BCUT2D eigenvalue weighted by atomic mass is 35.5. The van der Waals surface area contributed by atoms with E-state index in [-0.39, 0.29) is 0 Å². The van der Waals surface area contributed by atoms with Crippen molar-refractivity contribution in [1.29, 1.82) is 0 Å². The van der Waals surface area contributed by atoms with Crippen LogP contribution in [0.15, 0.2) is 34.5 Å². The molecule has 26 heavy (non-hydrogen) atoms. The first-order chi connectivity index (χ1) is 12.4. The fourth-order valence-corrected chi connectivity index (χ4v) is 6.00. The number of hydrogen-bond donors (Lipinski definition) is 0. The van der Waals surface area contributed by atoms with Gasteiger partial charge in [-0.1, -0.05) is 11.6 Å². The summed E-state index contributed by atoms with van der Waals surface area (Å²) in [6, 6.07) is 8.88. The summed E-state index contributed by atoms with van der Waals surface area (Å²) >= 11 is 6.97. The van der Waals surface area contributed by atoms with Gasteiger partial charge in [0, 0.05) is 38.3 Å². The zero-order valence-electron chi connectivity index (χ0n) is 14.6. The molecule has 142 valence electrons. The van der Waals surface area contributed by atoms with E-state index in [4.69, 9.17) is 21.1 Å². The summed E-state index contributed by atoms with van der Waals surface area (Å²) in [5.41, 5.74) is 1.02. The van der Waals surface area contributed by atoms with Crippen LogP contribution in [0.5, 0.6) is 11.5 Å². The highest BCUT2D eigenvalue weighted by Gasteiger charge is 2.29. The van der Waals surface area contributed by atoms with E-state index in [0.717, 1.165) is 28.4 Å². The van der Waals surface area contributed by atoms with Gasteiger partial charge in [0.1, 0.15) is 15.7 Å². The molecule has 1 aromatic heterocycles. The zero-order chi connectivity index (χ0) is 18.7. The van der Waals surface area contributed by atoms with Crippen molar-refractivity contribution in [1.82, 2.24) is 9.21 Å². The van der Waals surface area contributed by atoms with Gasteiger partial charge in [0.05, 0.1) is 18.6 Å². The van der Waals surface area contributed by atoms with Crippen LogP contribution in [0, 0.1) is 0 Å². The summed E-state index contributed by atoms with van der Waals surface area (Å²) in [7, 11) is -0.193. The molecule has 0 amide bonds. The number of thiophene rings is 1. The van der Waals surface area contributed by atoms with Crippen molar-refractivity contribution in [3.8, 4) is 11.5 Å². The number of benzene rings is 1. The summed E-state index contributed by atoms with van der Waals surface area (Å²) in [5.74, 6) is 1.57. The van der Waals surface area contributed by atoms with Gasteiger partial charge in [-0.25, -0.2) is 8.42 Å². The Morgan fingerprint density at radius 2 is 1.81 bits per heavy atom. The molecule has 1 saturated heterocycles. The largest absolute Gasteiger partial charge is 0.497 e. The molecule has 3 rings (SSSR count). The molecule has 0 atom stereocenters. The van der Waals surface area contributed by atoms with Gasteiger partial charge in [-0.15, -0.1) is 11.3 Å². The molecule has 0 bridgehead atoms. The molecule has 0 aliphatic carbocycles. The third-order valence-electron chi connectivity index (χ3n) is 4.36. The van der Waals surface area contributed by atoms with Gasteiger partial charge < -0.3 is 9.47 Å². The minimum Gasteiger partial charge on any atom is -0.497 e. The maximum Gasteiger partial charge on any atom is 0.252 e. The molecule has 2 heterocycles. The molecular formula is C17H21ClN2O4S2. The number of piperazine rings is 1. The Kier molecular flexibility index (Phi) is 6.09. The molecule has 0 spiro atoms. The number of nitrogens with zero attached hydrogens (tertiary/aromatic N) is 2. The van der Waals surface area contributed by atoms with Gasteiger partial charge in [0.15, 0.2) is 0 Å². The smallest absolute Gasteiger partial charge is 0.252 e. The van der Waals surface area contributed by atoms with Crippen LogP contribution in [0.2, 0.25) is 4.34 Å². The SMILES string of the molecule is COc1ccc(OC)c(CN2CCN(S(=O)(=O)c3ccc(Cl)s3)CC2)c1. The fraction of sp³-hybridized carbons (Fsp3) is 0.412. The molecule has 1 aliphatic rings. The Balaban J connectivity index is 1.66. The molecule has 0 unspecified atom stereocenters. The average molecular weight is 417 g/mol. The first-order valence-electron chi connectivity index (χ1n) is 8.13. The summed E-state index contributed by atoms with van der Waals surface area (Å²) in [5, 5.41) is 0. The van der Waals surface area contributed by atoms with E-state index in [0.29, 0.717) is 41.3 Å². The Morgan fingerprint density at radius 3 is 2.38 bits per heavy atom. The Hall–Kier alpha value is -1.32. The molecule has 0 N–H and O–H groups in total. The second-order valence-electron chi connectivity index (χ2n) is 5.92. The maximum absolute atomic E-state index is 12.7. The normalized spacial score (nSPS) is 16.6. The highest BCUT2D eigenvalue weighted by Crippen LogP contribution is 2.29. The van der Waals surface area contributed by atoms with Crippen LogP contribution in [0.1, 0.15) is 5.56 Å². The highest BCUT2D eigenvalue weighted by molar-refractivity contribution is 7.91. The van der Waals surface area contributed by atoms with Crippen molar-refractivity contribution in [3.63, 3.8) is 0 Å². The van der Waals surface area contributed by atoms with Crippen molar-refractivity contribution in [2.75, 3.05) is 40.4 Å². The van der Waals surface area contributed by atoms with E-state index in [1.54, 1.807) is 26.4 Å². The Morgan fingerprint density at radius 1 is 1.08 bits per heavy atom. The fourth-order valence-electron chi connectivity index (χ4n) is 2.94. The van der Waals surface area contributed by atoms with Gasteiger partial charge in [0.2, 0.25) is 0 Å². The quantitative estimate of drug-likeness (QED) is 0.724. The first-order valence-corrected chi connectivity index (χ1v) is 10.8. The molecule has 9 heteroatoms. The van der Waals surface area contributed by atoms with E-state index < -0.39 is 10.0 Å². The molecule has 1 fully saturated rings. The van der Waals surface area contributed by atoms with Crippen molar-refractivity contribution in [3.05, 3.63) is 40.2 Å². The van der Waals surface area contributed by atoms with Gasteiger partial charge in [0.25, 0.3) is 10.0 Å². The molecule has 0 radical (unpaired) electrons. The van der Waals surface area contributed by atoms with Gasteiger partial charge in [-0.05, 0) is 30.3 Å². The van der Waals surface area contributed by atoms with E-state index >= 15 is 0 Å². The lowest BCUT2D eigenvalue weighted by Crippen LogP contribution is -2.48. The average Bonchev–Trinajstić information content (AvgIpc) is 3.09. The van der Waals surface area contributed by atoms with Gasteiger partial charge >= 0.3 is 0 Å². The second-order valence-corrected chi connectivity index (χ2v) is 9.80. The number of methoxy groups -OCH3 is 2. The van der Waals surface area contributed by atoms with E-state index in [2.05, 4.69) is 4.90 Å². The molecule has 1 aromatic carbocycles. The van der Waals surface area contributed by atoms with E-state index in [1.165, 1.54) is 4.31 Å². The predicted octanol–water partition coefficient (Wildman–Crippen LogP) is 2.93. The summed E-state index contributed by atoms with van der Waals surface area (Å²) in [6.45, 7) is 2.88. The molecule has 6 nitrogen and oxygen atoms in total. The van der Waals surface area contributed by atoms with Crippen LogP contribution >= 0.6 is 22.9 Å². The minimum absolute atomic E-state index is 0.297. The van der Waals surface area contributed by atoms with Crippen LogP contribution in [0.25, 0.3) is 0 Å². The molecular weight excluding hydrogens is 396 g/mol. The lowest BCUT2D eigenvalue weighted by atomic mass is 10.1. The van der Waals surface area contributed by atoms with E-state index in [9.17, 15) is 8.42 Å². The van der Waals surface area contributed by atoms with E-state index in [1.807, 2.05) is 18.2 Å².